The lowest BCUT2D eigenvalue weighted by Gasteiger charge is -2.21. The van der Waals surface area contributed by atoms with Gasteiger partial charge >= 0.3 is 0 Å². The molecule has 0 aromatic heterocycles. The molecule has 102 valence electrons. The van der Waals surface area contributed by atoms with Crippen LogP contribution in [-0.2, 0) is 9.84 Å². The van der Waals surface area contributed by atoms with Gasteiger partial charge in [-0.2, -0.15) is 0 Å². The average molecular weight is 291 g/mol. The van der Waals surface area contributed by atoms with E-state index < -0.39 is 9.84 Å². The molecule has 0 saturated heterocycles. The highest BCUT2D eigenvalue weighted by Crippen LogP contribution is 2.26. The van der Waals surface area contributed by atoms with Gasteiger partial charge in [-0.25, -0.2) is 8.42 Å². The molecule has 2 N–H and O–H groups in total. The highest BCUT2D eigenvalue weighted by atomic mass is 35.5. The number of nitrogen functional groups attached to an aromatic ring is 1. The van der Waals surface area contributed by atoms with Gasteiger partial charge in [-0.1, -0.05) is 18.5 Å². The molecule has 0 atom stereocenters. The van der Waals surface area contributed by atoms with Crippen molar-refractivity contribution in [2.24, 2.45) is 0 Å². The number of benzene rings is 1. The fourth-order valence-electron chi connectivity index (χ4n) is 1.63. The fraction of sp³-hybridized carbons (Fsp3) is 0.500. The summed E-state index contributed by atoms with van der Waals surface area (Å²) in [6.07, 6.45) is 0.582. The maximum Gasteiger partial charge on any atom is 0.150 e. The fourth-order valence-corrected chi connectivity index (χ4v) is 2.66. The maximum atomic E-state index is 11.4. The molecule has 0 spiro atoms. The highest BCUT2D eigenvalue weighted by molar-refractivity contribution is 7.91. The normalized spacial score (nSPS) is 11.5. The summed E-state index contributed by atoms with van der Waals surface area (Å²) in [5.41, 5.74) is 7.32. The van der Waals surface area contributed by atoms with Gasteiger partial charge in [0.1, 0.15) is 9.84 Å². The van der Waals surface area contributed by atoms with E-state index in [0.29, 0.717) is 23.7 Å². The topological polar surface area (TPSA) is 63.4 Å². The zero-order chi connectivity index (χ0) is 13.8. The first kappa shape index (κ1) is 15.1. The molecule has 0 radical (unpaired) electrons. The van der Waals surface area contributed by atoms with E-state index in [1.54, 1.807) is 25.1 Å². The van der Waals surface area contributed by atoms with E-state index in [9.17, 15) is 8.42 Å². The van der Waals surface area contributed by atoms with Crippen molar-refractivity contribution in [3.63, 3.8) is 0 Å². The Morgan fingerprint density at radius 3 is 2.67 bits per heavy atom. The minimum atomic E-state index is -2.90. The largest absolute Gasteiger partial charge is 0.397 e. The smallest absolute Gasteiger partial charge is 0.150 e. The molecule has 18 heavy (non-hydrogen) atoms. The summed E-state index contributed by atoms with van der Waals surface area (Å²) in [5.74, 6) is 0.393. The van der Waals surface area contributed by atoms with Crippen molar-refractivity contribution in [3.05, 3.63) is 23.2 Å². The third-order valence-corrected chi connectivity index (χ3v) is 4.82. The maximum absolute atomic E-state index is 11.4. The minimum absolute atomic E-state index is 0.190. The van der Waals surface area contributed by atoms with Gasteiger partial charge in [0, 0.05) is 24.4 Å². The van der Waals surface area contributed by atoms with E-state index in [2.05, 4.69) is 0 Å². The Kier molecular flexibility index (Phi) is 5.28. The van der Waals surface area contributed by atoms with Crippen molar-refractivity contribution in [2.75, 3.05) is 35.7 Å². The number of halogens is 1. The Balaban J connectivity index is 2.61. The Labute approximate surface area is 114 Å². The van der Waals surface area contributed by atoms with E-state index >= 15 is 0 Å². The molecule has 0 aliphatic rings. The molecule has 6 heteroatoms. The molecule has 0 unspecified atom stereocenters. The third-order valence-electron chi connectivity index (χ3n) is 2.79. The van der Waals surface area contributed by atoms with Gasteiger partial charge in [0.15, 0.2) is 0 Å². The molecule has 0 bridgehead atoms. The number of nitrogens with zero attached hydrogens (tertiary/aromatic N) is 1. The van der Waals surface area contributed by atoms with Crippen molar-refractivity contribution >= 4 is 32.8 Å². The first-order valence-electron chi connectivity index (χ1n) is 5.82. The molecular weight excluding hydrogens is 272 g/mol. The van der Waals surface area contributed by atoms with Crippen LogP contribution in [0, 0.1) is 0 Å². The Hall–Kier alpha value is -0.940. The number of anilines is 2. The first-order chi connectivity index (χ1) is 8.35. The zero-order valence-electron chi connectivity index (χ0n) is 10.7. The van der Waals surface area contributed by atoms with Crippen molar-refractivity contribution in [3.8, 4) is 0 Å². The molecule has 1 rings (SSSR count). The van der Waals surface area contributed by atoms with E-state index in [4.69, 9.17) is 17.3 Å². The van der Waals surface area contributed by atoms with Crippen LogP contribution in [0.25, 0.3) is 0 Å². The Morgan fingerprint density at radius 2 is 2.06 bits per heavy atom. The van der Waals surface area contributed by atoms with E-state index in [0.717, 1.165) is 5.69 Å². The molecule has 0 heterocycles. The predicted molar refractivity (Wildman–Crippen MR) is 78.1 cm³/mol. The van der Waals surface area contributed by atoms with Crippen LogP contribution in [0.15, 0.2) is 18.2 Å². The second-order valence-electron chi connectivity index (χ2n) is 4.21. The number of sulfone groups is 1. The van der Waals surface area contributed by atoms with Gasteiger partial charge in [-0.15, -0.1) is 0 Å². The first-order valence-corrected chi connectivity index (χ1v) is 8.02. The van der Waals surface area contributed by atoms with Gasteiger partial charge < -0.3 is 10.6 Å². The van der Waals surface area contributed by atoms with Gasteiger partial charge in [0.25, 0.3) is 0 Å². The quantitative estimate of drug-likeness (QED) is 0.816. The lowest BCUT2D eigenvalue weighted by Crippen LogP contribution is -2.22. The van der Waals surface area contributed by atoms with Crippen LogP contribution in [0.4, 0.5) is 11.4 Å². The van der Waals surface area contributed by atoms with Gasteiger partial charge in [-0.05, 0) is 24.6 Å². The molecule has 0 fully saturated rings. The van der Waals surface area contributed by atoms with Crippen LogP contribution in [0.2, 0.25) is 5.02 Å². The lowest BCUT2D eigenvalue weighted by atomic mass is 10.2. The minimum Gasteiger partial charge on any atom is -0.397 e. The molecule has 0 saturated carbocycles. The summed E-state index contributed by atoms with van der Waals surface area (Å²) in [5, 5.41) is 0.618. The van der Waals surface area contributed by atoms with Crippen molar-refractivity contribution < 1.29 is 8.42 Å². The molecule has 1 aromatic carbocycles. The van der Waals surface area contributed by atoms with E-state index in [1.807, 2.05) is 11.9 Å². The summed E-state index contributed by atoms with van der Waals surface area (Å²) in [6, 6.07) is 5.26. The van der Waals surface area contributed by atoms with Crippen LogP contribution in [0.3, 0.4) is 0 Å². The summed E-state index contributed by atoms with van der Waals surface area (Å²) >= 11 is 5.91. The van der Waals surface area contributed by atoms with Crippen molar-refractivity contribution in [1.29, 1.82) is 0 Å². The lowest BCUT2D eigenvalue weighted by molar-refractivity contribution is 0.594. The number of hydrogen-bond acceptors (Lipinski definition) is 4. The van der Waals surface area contributed by atoms with Crippen LogP contribution in [0.5, 0.6) is 0 Å². The SMILES string of the molecule is CCS(=O)(=O)CCCN(C)c1cc(Cl)ccc1N. The number of hydrogen-bond donors (Lipinski definition) is 1. The summed E-state index contributed by atoms with van der Waals surface area (Å²) < 4.78 is 22.7. The van der Waals surface area contributed by atoms with Crippen LogP contribution < -0.4 is 10.6 Å². The predicted octanol–water partition coefficient (Wildman–Crippen LogP) is 2.18. The highest BCUT2D eigenvalue weighted by Gasteiger charge is 2.10. The van der Waals surface area contributed by atoms with Crippen molar-refractivity contribution in [1.82, 2.24) is 0 Å². The zero-order valence-corrected chi connectivity index (χ0v) is 12.3. The Bertz CT molecular complexity index is 503. The number of nitrogens with two attached hydrogens (primary N) is 1. The van der Waals surface area contributed by atoms with Crippen molar-refractivity contribution in [2.45, 2.75) is 13.3 Å². The van der Waals surface area contributed by atoms with E-state index in [-0.39, 0.29) is 11.5 Å². The van der Waals surface area contributed by atoms with Crippen LogP contribution >= 0.6 is 11.6 Å². The third kappa shape index (κ3) is 4.38. The summed E-state index contributed by atoms with van der Waals surface area (Å²) in [4.78, 5) is 1.92. The van der Waals surface area contributed by atoms with Crippen LogP contribution in [-0.4, -0.2) is 33.5 Å². The van der Waals surface area contributed by atoms with Gasteiger partial charge in [-0.3, -0.25) is 0 Å². The molecular formula is C12H19ClN2O2S. The standard InChI is InChI=1S/C12H19ClN2O2S/c1-3-18(16,17)8-4-7-15(2)12-9-10(13)5-6-11(12)14/h5-6,9H,3-4,7-8,14H2,1-2H3. The van der Waals surface area contributed by atoms with Gasteiger partial charge in [0.2, 0.25) is 0 Å². The molecule has 0 aliphatic heterocycles. The number of rotatable bonds is 6. The molecule has 0 amide bonds. The summed E-state index contributed by atoms with van der Waals surface area (Å²) in [7, 11) is -1.02. The van der Waals surface area contributed by atoms with E-state index in [1.165, 1.54) is 0 Å². The van der Waals surface area contributed by atoms with Gasteiger partial charge in [0.05, 0.1) is 17.1 Å². The molecule has 1 aromatic rings. The average Bonchev–Trinajstić information content (AvgIpc) is 2.32. The molecule has 4 nitrogen and oxygen atoms in total. The second kappa shape index (κ2) is 6.29. The summed E-state index contributed by atoms with van der Waals surface area (Å²) in [6.45, 7) is 2.29. The Morgan fingerprint density at radius 1 is 1.39 bits per heavy atom. The molecule has 0 aliphatic carbocycles. The monoisotopic (exact) mass is 290 g/mol. The second-order valence-corrected chi connectivity index (χ2v) is 7.12. The van der Waals surface area contributed by atoms with Crippen LogP contribution in [0.1, 0.15) is 13.3 Å².